The minimum atomic E-state index is -0.452. The van der Waals surface area contributed by atoms with Gasteiger partial charge in [-0.15, -0.1) is 0 Å². The fourth-order valence-electron chi connectivity index (χ4n) is 2.47. The number of rotatable bonds is 3. The lowest BCUT2D eigenvalue weighted by Crippen LogP contribution is -2.45. The fraction of sp³-hybridized carbons (Fsp3) is 0.500. The Bertz CT molecular complexity index is 393. The topological polar surface area (TPSA) is 49.8 Å². The highest BCUT2D eigenvalue weighted by molar-refractivity contribution is 5.72. The van der Waals surface area contributed by atoms with Crippen molar-refractivity contribution in [2.24, 2.45) is 5.92 Å². The van der Waals surface area contributed by atoms with Gasteiger partial charge in [-0.3, -0.25) is 9.69 Å². The average Bonchev–Trinajstić information content (AvgIpc) is 2.38. The molecule has 0 aliphatic carbocycles. The number of aliphatic hydroxyl groups excluding tert-OH is 1. The summed E-state index contributed by atoms with van der Waals surface area (Å²) in [5, 5.41) is 9.82. The van der Waals surface area contributed by atoms with Crippen LogP contribution < -0.4 is 0 Å². The smallest absolute Gasteiger partial charge is 0.310 e. The van der Waals surface area contributed by atoms with E-state index in [0.29, 0.717) is 19.5 Å². The third-order valence-corrected chi connectivity index (χ3v) is 3.29. The highest BCUT2D eigenvalue weighted by atomic mass is 16.5. The molecule has 2 rings (SSSR count). The molecule has 1 saturated heterocycles. The molecule has 0 saturated carbocycles. The van der Waals surface area contributed by atoms with Crippen LogP contribution in [0.15, 0.2) is 30.3 Å². The number of carbonyl (C=O) groups excluding carboxylic acids is 1. The lowest BCUT2D eigenvalue weighted by atomic mass is 9.95. The SMILES string of the molecule is COC(=O)[C@H]1C[C@@H](O)CN(Cc2ccccc2)C1. The van der Waals surface area contributed by atoms with Gasteiger partial charge in [-0.05, 0) is 12.0 Å². The number of likely N-dealkylation sites (tertiary alicyclic amines) is 1. The molecule has 0 radical (unpaired) electrons. The maximum Gasteiger partial charge on any atom is 0.310 e. The predicted octanol–water partition coefficient (Wildman–Crippen LogP) is 1.04. The van der Waals surface area contributed by atoms with Crippen LogP contribution in [0.1, 0.15) is 12.0 Å². The Morgan fingerprint density at radius 2 is 2.11 bits per heavy atom. The Labute approximate surface area is 107 Å². The standard InChI is InChI=1S/C14H19NO3/c1-18-14(17)12-7-13(16)10-15(9-12)8-11-5-3-2-4-6-11/h2-6,12-13,16H,7-10H2,1H3/t12-,13+/m0/s1. The lowest BCUT2D eigenvalue weighted by molar-refractivity contribution is -0.149. The van der Waals surface area contributed by atoms with E-state index in [1.165, 1.54) is 12.7 Å². The van der Waals surface area contributed by atoms with Crippen molar-refractivity contribution in [3.8, 4) is 0 Å². The van der Waals surface area contributed by atoms with E-state index in [9.17, 15) is 9.90 Å². The zero-order chi connectivity index (χ0) is 13.0. The van der Waals surface area contributed by atoms with Crippen molar-refractivity contribution in [2.45, 2.75) is 19.1 Å². The van der Waals surface area contributed by atoms with Gasteiger partial charge >= 0.3 is 5.97 Å². The molecule has 1 aliphatic rings. The molecule has 1 aromatic rings. The molecule has 1 N–H and O–H groups in total. The highest BCUT2D eigenvalue weighted by Gasteiger charge is 2.31. The molecule has 2 atom stereocenters. The lowest BCUT2D eigenvalue weighted by Gasteiger charge is -2.34. The van der Waals surface area contributed by atoms with E-state index >= 15 is 0 Å². The van der Waals surface area contributed by atoms with Gasteiger partial charge < -0.3 is 9.84 Å². The molecule has 1 aromatic carbocycles. The Kier molecular flexibility index (Phi) is 4.33. The maximum atomic E-state index is 11.6. The van der Waals surface area contributed by atoms with E-state index in [1.54, 1.807) is 0 Å². The number of esters is 1. The van der Waals surface area contributed by atoms with E-state index in [-0.39, 0.29) is 11.9 Å². The molecule has 98 valence electrons. The van der Waals surface area contributed by atoms with Crippen molar-refractivity contribution in [1.82, 2.24) is 4.90 Å². The van der Waals surface area contributed by atoms with Gasteiger partial charge in [0, 0.05) is 19.6 Å². The van der Waals surface area contributed by atoms with Crippen LogP contribution in [-0.4, -0.2) is 42.3 Å². The van der Waals surface area contributed by atoms with Gasteiger partial charge in [0.25, 0.3) is 0 Å². The van der Waals surface area contributed by atoms with E-state index < -0.39 is 6.10 Å². The van der Waals surface area contributed by atoms with E-state index in [4.69, 9.17) is 4.74 Å². The van der Waals surface area contributed by atoms with Gasteiger partial charge in [0.2, 0.25) is 0 Å². The van der Waals surface area contributed by atoms with Gasteiger partial charge in [-0.2, -0.15) is 0 Å². The molecule has 0 bridgehead atoms. The summed E-state index contributed by atoms with van der Waals surface area (Å²) in [4.78, 5) is 13.7. The molecule has 0 unspecified atom stereocenters. The first kappa shape index (κ1) is 13.1. The number of aliphatic hydroxyl groups is 1. The van der Waals surface area contributed by atoms with Crippen LogP contribution in [0, 0.1) is 5.92 Å². The Balaban J connectivity index is 1.98. The van der Waals surface area contributed by atoms with E-state index in [2.05, 4.69) is 4.90 Å². The minimum absolute atomic E-state index is 0.220. The summed E-state index contributed by atoms with van der Waals surface area (Å²) in [6.45, 7) is 2.02. The van der Waals surface area contributed by atoms with Crippen molar-refractivity contribution in [1.29, 1.82) is 0 Å². The molecule has 0 aromatic heterocycles. The molecule has 18 heavy (non-hydrogen) atoms. The van der Waals surface area contributed by atoms with Crippen LogP contribution in [-0.2, 0) is 16.1 Å². The molecule has 1 aliphatic heterocycles. The van der Waals surface area contributed by atoms with Crippen LogP contribution in [0.25, 0.3) is 0 Å². The van der Waals surface area contributed by atoms with Gasteiger partial charge in [0.1, 0.15) is 0 Å². The molecular formula is C14H19NO3. The summed E-state index contributed by atoms with van der Waals surface area (Å²) in [5.41, 5.74) is 1.19. The number of piperidine rings is 1. The quantitative estimate of drug-likeness (QED) is 0.813. The molecule has 0 amide bonds. The zero-order valence-corrected chi connectivity index (χ0v) is 10.6. The van der Waals surface area contributed by atoms with Crippen molar-refractivity contribution >= 4 is 5.97 Å². The number of benzene rings is 1. The normalized spacial score (nSPS) is 24.8. The first-order valence-electron chi connectivity index (χ1n) is 6.21. The van der Waals surface area contributed by atoms with Gasteiger partial charge in [0.05, 0.1) is 19.1 Å². The van der Waals surface area contributed by atoms with E-state index in [1.807, 2.05) is 30.3 Å². The van der Waals surface area contributed by atoms with Gasteiger partial charge in [-0.1, -0.05) is 30.3 Å². The van der Waals surface area contributed by atoms with Crippen LogP contribution in [0.5, 0.6) is 0 Å². The Morgan fingerprint density at radius 1 is 1.39 bits per heavy atom. The largest absolute Gasteiger partial charge is 0.469 e. The van der Waals surface area contributed by atoms with Crippen molar-refractivity contribution in [3.63, 3.8) is 0 Å². The second-order valence-electron chi connectivity index (χ2n) is 4.79. The second kappa shape index (κ2) is 5.98. The van der Waals surface area contributed by atoms with Crippen LogP contribution >= 0.6 is 0 Å². The minimum Gasteiger partial charge on any atom is -0.469 e. The van der Waals surface area contributed by atoms with Crippen molar-refractivity contribution in [3.05, 3.63) is 35.9 Å². The number of hydrogen-bond acceptors (Lipinski definition) is 4. The third-order valence-electron chi connectivity index (χ3n) is 3.29. The van der Waals surface area contributed by atoms with Crippen LogP contribution in [0.3, 0.4) is 0 Å². The monoisotopic (exact) mass is 249 g/mol. The van der Waals surface area contributed by atoms with Crippen LogP contribution in [0.2, 0.25) is 0 Å². The predicted molar refractivity (Wildman–Crippen MR) is 67.8 cm³/mol. The first-order valence-corrected chi connectivity index (χ1v) is 6.21. The Morgan fingerprint density at radius 3 is 2.78 bits per heavy atom. The summed E-state index contributed by atoms with van der Waals surface area (Å²) in [6.07, 6.45) is 0.0457. The van der Waals surface area contributed by atoms with Crippen LogP contribution in [0.4, 0.5) is 0 Å². The zero-order valence-electron chi connectivity index (χ0n) is 10.6. The number of methoxy groups -OCH3 is 1. The third kappa shape index (κ3) is 3.31. The molecule has 1 heterocycles. The summed E-state index contributed by atoms with van der Waals surface area (Å²) in [7, 11) is 1.39. The average molecular weight is 249 g/mol. The van der Waals surface area contributed by atoms with Crippen molar-refractivity contribution in [2.75, 3.05) is 20.2 Å². The molecule has 1 fully saturated rings. The number of β-amino-alcohol motifs (C(OH)–C–C–N with tert-alkyl or cyclic N) is 1. The highest BCUT2D eigenvalue weighted by Crippen LogP contribution is 2.20. The van der Waals surface area contributed by atoms with Gasteiger partial charge in [-0.25, -0.2) is 0 Å². The fourth-order valence-corrected chi connectivity index (χ4v) is 2.47. The summed E-state index contributed by atoms with van der Waals surface area (Å²) in [6, 6.07) is 10.1. The molecule has 4 heteroatoms. The number of ether oxygens (including phenoxy) is 1. The van der Waals surface area contributed by atoms with E-state index in [0.717, 1.165) is 6.54 Å². The summed E-state index contributed by atoms with van der Waals surface area (Å²) < 4.78 is 4.76. The number of carbonyl (C=O) groups is 1. The second-order valence-corrected chi connectivity index (χ2v) is 4.79. The first-order chi connectivity index (χ1) is 8.69. The number of hydrogen-bond donors (Lipinski definition) is 1. The van der Waals surface area contributed by atoms with Crippen molar-refractivity contribution < 1.29 is 14.6 Å². The summed E-state index contributed by atoms with van der Waals surface area (Å²) in [5.74, 6) is -0.450. The maximum absolute atomic E-state index is 11.6. The molecular weight excluding hydrogens is 230 g/mol. The van der Waals surface area contributed by atoms with Gasteiger partial charge in [0.15, 0.2) is 0 Å². The molecule has 0 spiro atoms. The number of nitrogens with zero attached hydrogens (tertiary/aromatic N) is 1. The summed E-state index contributed by atoms with van der Waals surface area (Å²) >= 11 is 0. The molecule has 4 nitrogen and oxygen atoms in total. The Hall–Kier alpha value is -1.39.